The molecule has 2 heterocycles. The van der Waals surface area contributed by atoms with Gasteiger partial charge in [-0.15, -0.1) is 0 Å². The Hall–Kier alpha value is -2.92. The second-order valence-electron chi connectivity index (χ2n) is 8.59. The van der Waals surface area contributed by atoms with E-state index >= 15 is 0 Å². The highest BCUT2D eigenvalue weighted by Crippen LogP contribution is 2.37. The first-order valence-corrected chi connectivity index (χ1v) is 11.6. The van der Waals surface area contributed by atoms with Crippen LogP contribution in [0.1, 0.15) is 17.5 Å². The number of nitrogens with zero attached hydrogens (tertiary/aromatic N) is 2. The van der Waals surface area contributed by atoms with E-state index in [1.54, 1.807) is 30.3 Å². The second kappa shape index (κ2) is 9.06. The van der Waals surface area contributed by atoms with Crippen molar-refractivity contribution in [1.82, 2.24) is 9.80 Å². The van der Waals surface area contributed by atoms with Crippen LogP contribution in [0.15, 0.2) is 71.4 Å². The van der Waals surface area contributed by atoms with E-state index in [-0.39, 0.29) is 11.8 Å². The van der Waals surface area contributed by atoms with Crippen LogP contribution in [0.3, 0.4) is 0 Å². The van der Waals surface area contributed by atoms with Gasteiger partial charge in [0.05, 0.1) is 11.8 Å². The zero-order valence-electron chi connectivity index (χ0n) is 18.1. The molecule has 31 heavy (non-hydrogen) atoms. The average molecular weight is 433 g/mol. The second-order valence-corrected chi connectivity index (χ2v) is 9.37. The van der Waals surface area contributed by atoms with E-state index in [2.05, 4.69) is 41.1 Å². The molecule has 0 aliphatic carbocycles. The Morgan fingerprint density at radius 3 is 2.35 bits per heavy atom. The molecule has 160 valence electrons. The molecular formula is C26H28N2O2S. The molecule has 1 aromatic heterocycles. The molecule has 1 aliphatic heterocycles. The van der Waals surface area contributed by atoms with Crippen molar-refractivity contribution < 1.29 is 9.59 Å². The van der Waals surface area contributed by atoms with E-state index in [0.717, 1.165) is 11.1 Å². The molecule has 0 N–H and O–H groups in total. The van der Waals surface area contributed by atoms with Gasteiger partial charge in [0.2, 0.25) is 11.8 Å². The fraction of sp³-hybridized carbons (Fsp3) is 0.308. The summed E-state index contributed by atoms with van der Waals surface area (Å²) in [6.45, 7) is 1.10. The van der Waals surface area contributed by atoms with Crippen LogP contribution in [0, 0.1) is 5.41 Å². The number of amides is 2. The lowest BCUT2D eigenvalue weighted by atomic mass is 9.79. The number of carbonyl (C=O) groups excluding carboxylic acids is 2. The van der Waals surface area contributed by atoms with Crippen LogP contribution in [0.4, 0.5) is 0 Å². The van der Waals surface area contributed by atoms with Crippen molar-refractivity contribution in [3.63, 3.8) is 0 Å². The lowest BCUT2D eigenvalue weighted by molar-refractivity contribution is -0.139. The largest absolute Gasteiger partial charge is 0.348 e. The third-order valence-electron chi connectivity index (χ3n) is 6.12. The average Bonchev–Trinajstić information content (AvgIpc) is 3.46. The van der Waals surface area contributed by atoms with Crippen molar-refractivity contribution >= 4 is 23.2 Å². The molecule has 1 saturated heterocycles. The van der Waals surface area contributed by atoms with Crippen molar-refractivity contribution in [3.05, 3.63) is 82.6 Å². The summed E-state index contributed by atoms with van der Waals surface area (Å²) in [6, 6.07) is 20.4. The van der Waals surface area contributed by atoms with Gasteiger partial charge in [-0.3, -0.25) is 9.59 Å². The maximum Gasteiger partial charge on any atom is 0.230 e. The van der Waals surface area contributed by atoms with E-state index in [1.165, 1.54) is 11.1 Å². The summed E-state index contributed by atoms with van der Waals surface area (Å²) in [4.78, 5) is 29.7. The van der Waals surface area contributed by atoms with Gasteiger partial charge in [-0.1, -0.05) is 54.6 Å². The van der Waals surface area contributed by atoms with Crippen molar-refractivity contribution in [3.8, 4) is 11.1 Å². The van der Waals surface area contributed by atoms with Crippen molar-refractivity contribution in [1.29, 1.82) is 0 Å². The Bertz CT molecular complexity index is 1030. The highest BCUT2D eigenvalue weighted by Gasteiger charge is 2.46. The molecule has 1 aliphatic rings. The molecule has 1 atom stereocenters. The van der Waals surface area contributed by atoms with Gasteiger partial charge in [0, 0.05) is 27.2 Å². The monoisotopic (exact) mass is 432 g/mol. The van der Waals surface area contributed by atoms with Gasteiger partial charge in [0.25, 0.3) is 0 Å². The highest BCUT2D eigenvalue weighted by molar-refractivity contribution is 7.08. The summed E-state index contributed by atoms with van der Waals surface area (Å²) >= 11 is 1.69. The smallest absolute Gasteiger partial charge is 0.230 e. The molecule has 3 aromatic rings. The van der Waals surface area contributed by atoms with Crippen LogP contribution in [-0.4, -0.2) is 48.8 Å². The predicted octanol–water partition coefficient (Wildman–Crippen LogP) is 4.51. The van der Waals surface area contributed by atoms with E-state index in [1.807, 2.05) is 35.2 Å². The Kier molecular flexibility index (Phi) is 6.23. The summed E-state index contributed by atoms with van der Waals surface area (Å²) in [6.07, 6.45) is 1.71. The Balaban J connectivity index is 1.51. The minimum Gasteiger partial charge on any atom is -0.348 e. The molecule has 0 spiro atoms. The maximum absolute atomic E-state index is 13.2. The van der Waals surface area contributed by atoms with E-state index in [4.69, 9.17) is 0 Å². The summed E-state index contributed by atoms with van der Waals surface area (Å²) < 4.78 is 0. The third-order valence-corrected chi connectivity index (χ3v) is 6.80. The number of thiophene rings is 1. The van der Waals surface area contributed by atoms with Crippen LogP contribution >= 0.6 is 11.3 Å². The number of likely N-dealkylation sites (tertiary alicyclic amines) is 1. The fourth-order valence-corrected chi connectivity index (χ4v) is 5.14. The quantitative estimate of drug-likeness (QED) is 0.575. The summed E-state index contributed by atoms with van der Waals surface area (Å²) in [5.41, 5.74) is 3.97. The minimum absolute atomic E-state index is 0.0902. The van der Waals surface area contributed by atoms with Gasteiger partial charge in [-0.25, -0.2) is 0 Å². The normalized spacial score (nSPS) is 18.2. The topological polar surface area (TPSA) is 40.6 Å². The summed E-state index contributed by atoms with van der Waals surface area (Å²) in [7, 11) is 3.61. The number of carbonyl (C=O) groups is 2. The first-order chi connectivity index (χ1) is 15.0. The Morgan fingerprint density at radius 2 is 1.71 bits per heavy atom. The van der Waals surface area contributed by atoms with Crippen LogP contribution < -0.4 is 0 Å². The molecule has 0 saturated carbocycles. The molecule has 4 nitrogen and oxygen atoms in total. The summed E-state index contributed by atoms with van der Waals surface area (Å²) in [5.74, 6) is 0.192. The van der Waals surface area contributed by atoms with Crippen LogP contribution in [0.5, 0.6) is 0 Å². The molecule has 5 heteroatoms. The van der Waals surface area contributed by atoms with E-state index < -0.39 is 5.41 Å². The van der Waals surface area contributed by atoms with Gasteiger partial charge < -0.3 is 9.80 Å². The summed E-state index contributed by atoms with van der Waals surface area (Å²) in [5, 5.41) is 4.22. The third kappa shape index (κ3) is 4.72. The first kappa shape index (κ1) is 21.3. The van der Waals surface area contributed by atoms with Gasteiger partial charge in [0.15, 0.2) is 0 Å². The first-order valence-electron chi connectivity index (χ1n) is 10.6. The lowest BCUT2D eigenvalue weighted by Crippen LogP contribution is -2.44. The zero-order chi connectivity index (χ0) is 21.8. The Morgan fingerprint density at radius 1 is 0.968 bits per heavy atom. The standard InChI is InChI=1S/C26H28N2O2S/c1-27(2)25(30)26(17-21-8-10-22(11-9-21)23-12-15-31-18-23)13-14-28(19-26)24(29)16-20-6-4-3-5-7-20/h3-12,15,18H,13-14,16-17,19H2,1-2H3/t26-/m0/s1. The van der Waals surface area contributed by atoms with E-state index in [0.29, 0.717) is 32.4 Å². The van der Waals surface area contributed by atoms with Gasteiger partial charge in [-0.2, -0.15) is 11.3 Å². The van der Waals surface area contributed by atoms with Crippen LogP contribution in [0.25, 0.3) is 11.1 Å². The molecule has 0 bridgehead atoms. The molecule has 2 amide bonds. The molecule has 4 rings (SSSR count). The minimum atomic E-state index is -0.570. The maximum atomic E-state index is 13.2. The van der Waals surface area contributed by atoms with Crippen molar-refractivity contribution in [2.24, 2.45) is 5.41 Å². The van der Waals surface area contributed by atoms with Crippen LogP contribution in [0.2, 0.25) is 0 Å². The molecule has 0 unspecified atom stereocenters. The molecule has 1 fully saturated rings. The zero-order valence-corrected chi connectivity index (χ0v) is 18.9. The van der Waals surface area contributed by atoms with Gasteiger partial charge in [-0.05, 0) is 51.9 Å². The Labute approximate surface area is 188 Å². The molecule has 0 radical (unpaired) electrons. The number of benzene rings is 2. The lowest BCUT2D eigenvalue weighted by Gasteiger charge is -2.31. The molecular weight excluding hydrogens is 404 g/mol. The fourth-order valence-electron chi connectivity index (χ4n) is 4.47. The molecule has 2 aromatic carbocycles. The number of rotatable bonds is 6. The van der Waals surface area contributed by atoms with E-state index in [9.17, 15) is 9.59 Å². The van der Waals surface area contributed by atoms with Gasteiger partial charge in [0.1, 0.15) is 0 Å². The number of hydrogen-bond acceptors (Lipinski definition) is 3. The van der Waals surface area contributed by atoms with Crippen molar-refractivity contribution in [2.75, 3.05) is 27.2 Å². The van der Waals surface area contributed by atoms with Gasteiger partial charge >= 0.3 is 0 Å². The van der Waals surface area contributed by atoms with Crippen LogP contribution in [-0.2, 0) is 22.4 Å². The highest BCUT2D eigenvalue weighted by atomic mass is 32.1. The predicted molar refractivity (Wildman–Crippen MR) is 126 cm³/mol. The SMILES string of the molecule is CN(C)C(=O)[C@]1(Cc2ccc(-c3ccsc3)cc2)CCN(C(=O)Cc2ccccc2)C1. The van der Waals surface area contributed by atoms with Crippen molar-refractivity contribution in [2.45, 2.75) is 19.3 Å². The number of hydrogen-bond donors (Lipinski definition) is 0.